The number of nitrogens with zero attached hydrogens (tertiary/aromatic N) is 2. The fourth-order valence-corrected chi connectivity index (χ4v) is 3.68. The quantitative estimate of drug-likeness (QED) is 0.540. The van der Waals surface area contributed by atoms with Gasteiger partial charge in [0.15, 0.2) is 5.15 Å². The summed E-state index contributed by atoms with van der Waals surface area (Å²) in [5, 5.41) is 0.427. The molecule has 154 valence electrons. The molecule has 0 bridgehead atoms. The molecule has 1 aromatic heterocycles. The summed E-state index contributed by atoms with van der Waals surface area (Å²) in [5.74, 6) is 0.539. The van der Waals surface area contributed by atoms with E-state index in [0.29, 0.717) is 31.2 Å². The van der Waals surface area contributed by atoms with Crippen LogP contribution in [0.5, 0.6) is 5.75 Å². The molecule has 1 aliphatic carbocycles. The highest BCUT2D eigenvalue weighted by Gasteiger charge is 2.31. The van der Waals surface area contributed by atoms with Crippen molar-refractivity contribution in [2.75, 3.05) is 6.61 Å². The van der Waals surface area contributed by atoms with E-state index < -0.39 is 0 Å². The topological polar surface area (TPSA) is 61.3 Å². The van der Waals surface area contributed by atoms with Crippen LogP contribution < -0.4 is 4.74 Å². The number of esters is 1. The van der Waals surface area contributed by atoms with Gasteiger partial charge in [-0.1, -0.05) is 43.7 Å². The maximum absolute atomic E-state index is 11.5. The number of aryl methyl sites for hydroxylation is 1. The van der Waals surface area contributed by atoms with Crippen LogP contribution >= 0.6 is 11.6 Å². The fraction of sp³-hybridized carbons (Fsp3) is 0.435. The third-order valence-electron chi connectivity index (χ3n) is 5.09. The number of carbonyl (C=O) groups excluding carboxylic acids is 1. The lowest BCUT2D eigenvalue weighted by molar-refractivity contribution is -0.143. The van der Waals surface area contributed by atoms with Gasteiger partial charge in [0.2, 0.25) is 0 Å². The Bertz CT molecular complexity index is 909. The van der Waals surface area contributed by atoms with E-state index in [1.54, 1.807) is 6.20 Å². The molecule has 0 spiro atoms. The maximum atomic E-state index is 11.5. The lowest BCUT2D eigenvalue weighted by atomic mass is 9.84. The van der Waals surface area contributed by atoms with Crippen molar-refractivity contribution in [1.82, 2.24) is 9.97 Å². The standard InChI is InChI=1S/C23H27ClN2O3/c1-4-28-20(27)11-10-16-7-5-8-18(13-16)29-15-17-14-25-22(24)21(26-17)19-9-6-12-23(19,2)3/h5,7-9,13-14H,4,6,10-12,15H2,1-3H3. The molecule has 1 aliphatic rings. The van der Waals surface area contributed by atoms with Gasteiger partial charge >= 0.3 is 5.97 Å². The number of rotatable bonds is 8. The summed E-state index contributed by atoms with van der Waals surface area (Å²) in [4.78, 5) is 20.6. The summed E-state index contributed by atoms with van der Waals surface area (Å²) in [6.45, 7) is 6.91. The van der Waals surface area contributed by atoms with Crippen molar-refractivity contribution in [3.63, 3.8) is 0 Å². The average molecular weight is 415 g/mol. The first kappa shape index (κ1) is 21.3. The number of halogens is 1. The van der Waals surface area contributed by atoms with Crippen LogP contribution in [0.1, 0.15) is 57.0 Å². The third kappa shape index (κ3) is 5.57. The Kier molecular flexibility index (Phi) is 6.91. The molecule has 6 heteroatoms. The van der Waals surface area contributed by atoms with E-state index in [4.69, 9.17) is 26.1 Å². The summed E-state index contributed by atoms with van der Waals surface area (Å²) in [6.07, 6.45) is 6.93. The smallest absolute Gasteiger partial charge is 0.306 e. The number of hydrogen-bond donors (Lipinski definition) is 0. The number of allylic oxidation sites excluding steroid dienone is 2. The molecular formula is C23H27ClN2O3. The zero-order valence-electron chi connectivity index (χ0n) is 17.2. The van der Waals surface area contributed by atoms with Gasteiger partial charge in [-0.15, -0.1) is 0 Å². The van der Waals surface area contributed by atoms with Crippen molar-refractivity contribution >= 4 is 23.1 Å². The van der Waals surface area contributed by atoms with Crippen molar-refractivity contribution < 1.29 is 14.3 Å². The van der Waals surface area contributed by atoms with Crippen molar-refractivity contribution in [1.29, 1.82) is 0 Å². The molecule has 0 aliphatic heterocycles. The van der Waals surface area contributed by atoms with Crippen molar-refractivity contribution in [2.45, 2.75) is 53.1 Å². The van der Waals surface area contributed by atoms with Gasteiger partial charge in [-0.25, -0.2) is 9.97 Å². The van der Waals surface area contributed by atoms with E-state index in [0.717, 1.165) is 41.1 Å². The second-order valence-corrected chi connectivity index (χ2v) is 8.14. The summed E-state index contributed by atoms with van der Waals surface area (Å²) in [7, 11) is 0. The first-order chi connectivity index (χ1) is 13.9. The Morgan fingerprint density at radius 3 is 2.86 bits per heavy atom. The van der Waals surface area contributed by atoms with Crippen LogP contribution in [0.4, 0.5) is 0 Å². The van der Waals surface area contributed by atoms with Gasteiger partial charge in [0, 0.05) is 6.42 Å². The highest BCUT2D eigenvalue weighted by Crippen LogP contribution is 2.44. The molecule has 0 unspecified atom stereocenters. The Hall–Kier alpha value is -2.40. The molecule has 1 aromatic carbocycles. The highest BCUT2D eigenvalue weighted by molar-refractivity contribution is 6.31. The van der Waals surface area contributed by atoms with Crippen molar-refractivity contribution in [3.05, 3.63) is 58.6 Å². The molecule has 2 aromatic rings. The average Bonchev–Trinajstić information content (AvgIpc) is 3.05. The number of aromatic nitrogens is 2. The van der Waals surface area contributed by atoms with Crippen molar-refractivity contribution in [2.24, 2.45) is 5.41 Å². The van der Waals surface area contributed by atoms with E-state index >= 15 is 0 Å². The van der Waals surface area contributed by atoms with Gasteiger partial charge in [0.05, 0.1) is 18.5 Å². The first-order valence-electron chi connectivity index (χ1n) is 9.99. The predicted octanol–water partition coefficient (Wildman–Crippen LogP) is 5.41. The molecule has 0 N–H and O–H groups in total. The van der Waals surface area contributed by atoms with E-state index in [2.05, 4.69) is 24.9 Å². The van der Waals surface area contributed by atoms with E-state index in [-0.39, 0.29) is 11.4 Å². The minimum Gasteiger partial charge on any atom is -0.487 e. The van der Waals surface area contributed by atoms with Crippen LogP contribution in [0.3, 0.4) is 0 Å². The minimum atomic E-state index is -0.188. The van der Waals surface area contributed by atoms with Gasteiger partial charge < -0.3 is 9.47 Å². The number of ether oxygens (including phenoxy) is 2. The number of hydrogen-bond acceptors (Lipinski definition) is 5. The molecule has 0 radical (unpaired) electrons. The van der Waals surface area contributed by atoms with Crippen LogP contribution in [0.15, 0.2) is 36.5 Å². The van der Waals surface area contributed by atoms with Gasteiger partial charge in [-0.05, 0) is 54.9 Å². The van der Waals surface area contributed by atoms with E-state index in [1.807, 2.05) is 31.2 Å². The maximum Gasteiger partial charge on any atom is 0.306 e. The summed E-state index contributed by atoms with van der Waals surface area (Å²) in [6, 6.07) is 7.72. The number of carbonyl (C=O) groups is 1. The molecule has 0 fully saturated rings. The Balaban J connectivity index is 1.65. The van der Waals surface area contributed by atoms with Gasteiger partial charge in [-0.3, -0.25) is 4.79 Å². The normalized spacial score (nSPS) is 15.1. The van der Waals surface area contributed by atoms with Gasteiger partial charge in [0.25, 0.3) is 0 Å². The molecule has 29 heavy (non-hydrogen) atoms. The summed E-state index contributed by atoms with van der Waals surface area (Å²) in [5.41, 5.74) is 3.70. The number of benzene rings is 1. The van der Waals surface area contributed by atoms with E-state index in [1.165, 1.54) is 0 Å². The second-order valence-electron chi connectivity index (χ2n) is 7.78. The Morgan fingerprint density at radius 1 is 1.31 bits per heavy atom. The summed E-state index contributed by atoms with van der Waals surface area (Å²) >= 11 is 6.33. The van der Waals surface area contributed by atoms with Gasteiger partial charge in [0.1, 0.15) is 18.1 Å². The van der Waals surface area contributed by atoms with Crippen molar-refractivity contribution in [3.8, 4) is 5.75 Å². The van der Waals surface area contributed by atoms with E-state index in [9.17, 15) is 4.79 Å². The van der Waals surface area contributed by atoms with Crippen LogP contribution in [0, 0.1) is 5.41 Å². The zero-order valence-corrected chi connectivity index (χ0v) is 18.0. The molecule has 0 saturated carbocycles. The summed E-state index contributed by atoms with van der Waals surface area (Å²) < 4.78 is 10.9. The van der Waals surface area contributed by atoms with Gasteiger partial charge in [-0.2, -0.15) is 0 Å². The SMILES string of the molecule is CCOC(=O)CCc1cccc(OCc2cnc(Cl)c(C3=CCCC3(C)C)n2)c1. The lowest BCUT2D eigenvalue weighted by Gasteiger charge is -2.22. The largest absolute Gasteiger partial charge is 0.487 e. The molecule has 5 nitrogen and oxygen atoms in total. The first-order valence-corrected chi connectivity index (χ1v) is 10.4. The molecule has 3 rings (SSSR count). The lowest BCUT2D eigenvalue weighted by Crippen LogP contribution is -2.12. The van der Waals surface area contributed by atoms with Crippen LogP contribution in [-0.4, -0.2) is 22.5 Å². The zero-order chi connectivity index (χ0) is 20.9. The van der Waals surface area contributed by atoms with Crippen LogP contribution in [0.25, 0.3) is 5.57 Å². The molecule has 0 saturated heterocycles. The molecular weight excluding hydrogens is 388 g/mol. The monoisotopic (exact) mass is 414 g/mol. The van der Waals surface area contributed by atoms with Crippen LogP contribution in [0.2, 0.25) is 5.15 Å². The highest BCUT2D eigenvalue weighted by atomic mass is 35.5. The Morgan fingerprint density at radius 2 is 2.14 bits per heavy atom. The minimum absolute atomic E-state index is 0.0467. The molecule has 0 atom stereocenters. The molecule has 1 heterocycles. The predicted molar refractivity (Wildman–Crippen MR) is 114 cm³/mol. The third-order valence-corrected chi connectivity index (χ3v) is 5.36. The van der Waals surface area contributed by atoms with Crippen LogP contribution in [-0.2, 0) is 22.6 Å². The Labute approximate surface area is 177 Å². The molecule has 0 amide bonds. The fourth-order valence-electron chi connectivity index (χ4n) is 3.48. The second kappa shape index (κ2) is 9.40.